The standard InChI is InChI=1S/C22H22ClF2N7O3/c1-30(2)10-14(33)11-31-12-17(28-21(34)16-9-27-32-7-3-6-26-20(16)32)19(29-31)15-8-13(23)4-5-18(15)35-22(24)25/h3-9,12,14,22,33H,10-11H2,1-2H3,(H,28,34). The molecule has 4 aromatic rings. The van der Waals surface area contributed by atoms with E-state index in [0.29, 0.717) is 12.2 Å². The van der Waals surface area contributed by atoms with Crippen LogP contribution in [-0.2, 0) is 6.54 Å². The summed E-state index contributed by atoms with van der Waals surface area (Å²) in [6, 6.07) is 5.79. The van der Waals surface area contributed by atoms with Gasteiger partial charge in [-0.15, -0.1) is 0 Å². The van der Waals surface area contributed by atoms with Crippen LogP contribution in [-0.4, -0.2) is 73.6 Å². The minimum Gasteiger partial charge on any atom is -0.434 e. The molecular formula is C22H22ClF2N7O3. The summed E-state index contributed by atoms with van der Waals surface area (Å²) in [4.78, 5) is 19.1. The van der Waals surface area contributed by atoms with Crippen molar-refractivity contribution >= 4 is 28.8 Å². The zero-order chi connectivity index (χ0) is 25.1. The van der Waals surface area contributed by atoms with E-state index in [1.54, 1.807) is 12.3 Å². The van der Waals surface area contributed by atoms with E-state index in [-0.39, 0.29) is 39.8 Å². The number of alkyl halides is 2. The van der Waals surface area contributed by atoms with Crippen molar-refractivity contribution in [3.05, 3.63) is 59.6 Å². The van der Waals surface area contributed by atoms with Gasteiger partial charge in [0.05, 0.1) is 24.5 Å². The fourth-order valence-electron chi connectivity index (χ4n) is 3.56. The van der Waals surface area contributed by atoms with Crippen molar-refractivity contribution in [1.82, 2.24) is 29.3 Å². The molecule has 1 amide bonds. The van der Waals surface area contributed by atoms with Gasteiger partial charge in [-0.25, -0.2) is 9.50 Å². The van der Waals surface area contributed by atoms with Crippen LogP contribution in [0.4, 0.5) is 14.5 Å². The number of aliphatic hydroxyl groups excluding tert-OH is 1. The maximum atomic E-state index is 13.1. The molecule has 10 nitrogen and oxygen atoms in total. The Morgan fingerprint density at radius 1 is 1.34 bits per heavy atom. The molecule has 1 atom stereocenters. The summed E-state index contributed by atoms with van der Waals surface area (Å²) >= 11 is 6.13. The molecule has 0 saturated heterocycles. The number of hydrogen-bond donors (Lipinski definition) is 2. The average Bonchev–Trinajstić information content (AvgIpc) is 3.38. The second kappa shape index (κ2) is 10.3. The highest BCUT2D eigenvalue weighted by atomic mass is 35.5. The molecule has 0 fully saturated rings. The number of aliphatic hydroxyl groups is 1. The van der Waals surface area contributed by atoms with Crippen molar-refractivity contribution in [3.63, 3.8) is 0 Å². The van der Waals surface area contributed by atoms with Crippen molar-refractivity contribution in [2.24, 2.45) is 0 Å². The lowest BCUT2D eigenvalue weighted by molar-refractivity contribution is -0.0494. The van der Waals surface area contributed by atoms with Crippen LogP contribution < -0.4 is 10.1 Å². The summed E-state index contributed by atoms with van der Waals surface area (Å²) in [5.41, 5.74) is 1.02. The molecule has 3 heterocycles. The van der Waals surface area contributed by atoms with Gasteiger partial charge in [-0.2, -0.15) is 19.0 Å². The summed E-state index contributed by atoms with van der Waals surface area (Å²) in [5.74, 6) is -0.705. The maximum Gasteiger partial charge on any atom is 0.387 e. The Morgan fingerprint density at radius 3 is 2.89 bits per heavy atom. The topological polar surface area (TPSA) is 110 Å². The predicted octanol–water partition coefficient (Wildman–Crippen LogP) is 3.02. The number of carbonyl (C=O) groups is 1. The Morgan fingerprint density at radius 2 is 2.14 bits per heavy atom. The molecule has 0 bridgehead atoms. The van der Waals surface area contributed by atoms with E-state index >= 15 is 0 Å². The SMILES string of the molecule is CN(C)CC(O)Cn1cc(NC(=O)c2cnn3cccnc23)c(-c2cc(Cl)ccc2OC(F)F)n1. The lowest BCUT2D eigenvalue weighted by Crippen LogP contribution is -2.29. The number of amides is 1. The molecule has 0 aliphatic carbocycles. The van der Waals surface area contributed by atoms with Gasteiger partial charge in [0.1, 0.15) is 17.0 Å². The summed E-state index contributed by atoms with van der Waals surface area (Å²) in [6.45, 7) is -2.63. The number of carbonyl (C=O) groups excluding carboxylic acids is 1. The molecule has 1 unspecified atom stereocenters. The molecule has 3 aromatic heterocycles. The largest absolute Gasteiger partial charge is 0.434 e. The van der Waals surface area contributed by atoms with Crippen LogP contribution in [0, 0.1) is 0 Å². The number of anilines is 1. The first-order valence-electron chi connectivity index (χ1n) is 10.5. The van der Waals surface area contributed by atoms with Crippen LogP contribution in [0.15, 0.2) is 49.1 Å². The summed E-state index contributed by atoms with van der Waals surface area (Å²) in [5, 5.41) is 21.9. The van der Waals surface area contributed by atoms with E-state index in [9.17, 15) is 18.7 Å². The lowest BCUT2D eigenvalue weighted by atomic mass is 10.1. The van der Waals surface area contributed by atoms with Crippen LogP contribution in [0.5, 0.6) is 5.75 Å². The third-order valence-electron chi connectivity index (χ3n) is 4.92. The van der Waals surface area contributed by atoms with Crippen LogP contribution >= 0.6 is 11.6 Å². The highest BCUT2D eigenvalue weighted by Gasteiger charge is 2.22. The van der Waals surface area contributed by atoms with Crippen LogP contribution in [0.25, 0.3) is 16.9 Å². The van der Waals surface area contributed by atoms with E-state index in [4.69, 9.17) is 11.6 Å². The highest BCUT2D eigenvalue weighted by molar-refractivity contribution is 6.31. The van der Waals surface area contributed by atoms with E-state index in [1.165, 1.54) is 46.0 Å². The van der Waals surface area contributed by atoms with Crippen LogP contribution in [0.1, 0.15) is 10.4 Å². The van der Waals surface area contributed by atoms with Gasteiger partial charge in [0.2, 0.25) is 0 Å². The number of nitrogens with zero attached hydrogens (tertiary/aromatic N) is 6. The van der Waals surface area contributed by atoms with Crippen molar-refractivity contribution < 1.29 is 23.4 Å². The van der Waals surface area contributed by atoms with E-state index < -0.39 is 18.6 Å². The number of benzene rings is 1. The number of halogens is 3. The zero-order valence-corrected chi connectivity index (χ0v) is 19.5. The van der Waals surface area contributed by atoms with E-state index in [0.717, 1.165) is 0 Å². The molecular weight excluding hydrogens is 484 g/mol. The third-order valence-corrected chi connectivity index (χ3v) is 5.16. The number of fused-ring (bicyclic) bond motifs is 1. The lowest BCUT2D eigenvalue weighted by Gasteiger charge is -2.15. The van der Waals surface area contributed by atoms with Crippen molar-refractivity contribution in [3.8, 4) is 17.0 Å². The van der Waals surface area contributed by atoms with Gasteiger partial charge < -0.3 is 20.1 Å². The molecule has 0 aliphatic rings. The monoisotopic (exact) mass is 505 g/mol. The van der Waals surface area contributed by atoms with Crippen LogP contribution in [0.3, 0.4) is 0 Å². The van der Waals surface area contributed by atoms with Gasteiger partial charge in [0.25, 0.3) is 5.91 Å². The quantitative estimate of drug-likeness (QED) is 0.360. The third kappa shape index (κ3) is 5.73. The summed E-state index contributed by atoms with van der Waals surface area (Å²) in [6.07, 6.45) is 5.27. The van der Waals surface area contributed by atoms with Crippen molar-refractivity contribution in [1.29, 1.82) is 0 Å². The van der Waals surface area contributed by atoms with Crippen molar-refractivity contribution in [2.45, 2.75) is 19.3 Å². The van der Waals surface area contributed by atoms with Gasteiger partial charge in [-0.1, -0.05) is 11.6 Å². The molecule has 0 saturated carbocycles. The fraction of sp³-hybridized carbons (Fsp3) is 0.273. The van der Waals surface area contributed by atoms with Gasteiger partial charge in [0, 0.05) is 35.7 Å². The summed E-state index contributed by atoms with van der Waals surface area (Å²) < 4.78 is 33.6. The first kappa shape index (κ1) is 24.5. The molecule has 184 valence electrons. The second-order valence-electron chi connectivity index (χ2n) is 7.95. The molecule has 35 heavy (non-hydrogen) atoms. The van der Waals surface area contributed by atoms with Crippen LogP contribution in [0.2, 0.25) is 5.02 Å². The Labute approximate surface area is 203 Å². The Kier molecular flexibility index (Phi) is 7.24. The molecule has 4 rings (SSSR count). The Balaban J connectivity index is 1.74. The number of nitrogens with one attached hydrogen (secondary N) is 1. The number of likely N-dealkylation sites (N-methyl/N-ethyl adjacent to an activating group) is 1. The van der Waals surface area contributed by atoms with E-state index in [2.05, 4.69) is 25.2 Å². The smallest absolute Gasteiger partial charge is 0.387 e. The number of aromatic nitrogens is 5. The maximum absolute atomic E-state index is 13.1. The second-order valence-corrected chi connectivity index (χ2v) is 8.39. The molecule has 13 heteroatoms. The Bertz CT molecular complexity index is 1340. The van der Waals surface area contributed by atoms with Gasteiger partial charge in [-0.05, 0) is 38.4 Å². The number of hydrogen-bond acceptors (Lipinski definition) is 7. The minimum absolute atomic E-state index is 0.0882. The highest BCUT2D eigenvalue weighted by Crippen LogP contribution is 2.37. The first-order chi connectivity index (χ1) is 16.7. The van der Waals surface area contributed by atoms with Gasteiger partial charge in [-0.3, -0.25) is 9.48 Å². The number of rotatable bonds is 9. The molecule has 1 aromatic carbocycles. The minimum atomic E-state index is -3.08. The first-order valence-corrected chi connectivity index (χ1v) is 10.8. The molecule has 0 spiro atoms. The normalized spacial score (nSPS) is 12.5. The van der Waals surface area contributed by atoms with Crippen molar-refractivity contribution in [2.75, 3.05) is 26.0 Å². The molecule has 0 aliphatic heterocycles. The average molecular weight is 506 g/mol. The van der Waals surface area contributed by atoms with Gasteiger partial charge in [0.15, 0.2) is 5.65 Å². The predicted molar refractivity (Wildman–Crippen MR) is 125 cm³/mol. The molecule has 2 N–H and O–H groups in total. The van der Waals surface area contributed by atoms with Gasteiger partial charge >= 0.3 is 6.61 Å². The fourth-order valence-corrected chi connectivity index (χ4v) is 3.74. The number of ether oxygens (including phenoxy) is 1. The Hall–Kier alpha value is -3.61. The zero-order valence-electron chi connectivity index (χ0n) is 18.8. The summed E-state index contributed by atoms with van der Waals surface area (Å²) in [7, 11) is 3.63. The molecule has 0 radical (unpaired) electrons. The van der Waals surface area contributed by atoms with E-state index in [1.807, 2.05) is 19.0 Å².